The van der Waals surface area contributed by atoms with Crippen LogP contribution < -0.4 is 5.32 Å². The highest BCUT2D eigenvalue weighted by Crippen LogP contribution is 2.51. The third-order valence-corrected chi connectivity index (χ3v) is 3.92. The molecule has 0 saturated heterocycles. The Balaban J connectivity index is 0.000000217. The van der Waals surface area contributed by atoms with Gasteiger partial charge in [0.05, 0.1) is 0 Å². The molecule has 0 spiro atoms. The van der Waals surface area contributed by atoms with Crippen LogP contribution in [0.4, 0.5) is 0 Å². The van der Waals surface area contributed by atoms with E-state index in [0.29, 0.717) is 0 Å². The van der Waals surface area contributed by atoms with Crippen molar-refractivity contribution in [3.63, 3.8) is 0 Å². The molecule has 0 bridgehead atoms. The zero-order chi connectivity index (χ0) is 13.4. The molecule has 2 unspecified atom stereocenters. The number of aliphatic imine (C=N–C) groups is 1. The van der Waals surface area contributed by atoms with Gasteiger partial charge in [0.1, 0.15) is 0 Å². The van der Waals surface area contributed by atoms with E-state index in [-0.39, 0.29) is 0 Å². The topological polar surface area (TPSA) is 27.6 Å². The van der Waals surface area contributed by atoms with E-state index in [2.05, 4.69) is 42.9 Å². The summed E-state index contributed by atoms with van der Waals surface area (Å²) in [5.74, 6) is 3.46. The molecule has 3 nitrogen and oxygen atoms in total. The second-order valence-corrected chi connectivity index (χ2v) is 5.19. The maximum atomic E-state index is 4.39. The number of guanidine groups is 1. The van der Waals surface area contributed by atoms with Gasteiger partial charge in [-0.25, -0.2) is 0 Å². The maximum Gasteiger partial charge on any atom is 0.193 e. The molecular weight excluding hydrogens is 222 g/mol. The Labute approximate surface area is 113 Å². The van der Waals surface area contributed by atoms with Crippen molar-refractivity contribution >= 4 is 5.96 Å². The van der Waals surface area contributed by atoms with E-state index in [1.54, 1.807) is 19.3 Å². The molecule has 106 valence electrons. The second-order valence-electron chi connectivity index (χ2n) is 5.19. The fourth-order valence-corrected chi connectivity index (χ4v) is 2.76. The monoisotopic (exact) mass is 253 g/mol. The number of rotatable bonds is 4. The molecule has 2 rings (SSSR count). The summed E-state index contributed by atoms with van der Waals surface area (Å²) in [6.45, 7) is 12.3. The largest absolute Gasteiger partial charge is 0.357 e. The first kappa shape index (κ1) is 15.3. The molecule has 0 radical (unpaired) electrons. The SMILES string of the molecule is C1CC2CC2C1.CCN=C(NCC)N(CC)CC. The molecule has 2 aliphatic rings. The number of hydrogen-bond acceptors (Lipinski definition) is 1. The number of hydrogen-bond donors (Lipinski definition) is 1. The normalized spacial score (nSPS) is 25.0. The molecule has 3 heteroatoms. The molecule has 0 aliphatic heterocycles. The minimum Gasteiger partial charge on any atom is -0.357 e. The fourth-order valence-electron chi connectivity index (χ4n) is 2.76. The van der Waals surface area contributed by atoms with E-state index >= 15 is 0 Å². The van der Waals surface area contributed by atoms with Gasteiger partial charge in [-0.1, -0.05) is 19.3 Å². The Kier molecular flexibility index (Phi) is 7.14. The molecule has 0 aromatic heterocycles. The van der Waals surface area contributed by atoms with Crippen LogP contribution in [0.1, 0.15) is 53.4 Å². The summed E-state index contributed by atoms with van der Waals surface area (Å²) in [5, 5.41) is 3.26. The maximum absolute atomic E-state index is 4.39. The Morgan fingerprint density at radius 2 is 1.72 bits per heavy atom. The van der Waals surface area contributed by atoms with Gasteiger partial charge >= 0.3 is 0 Å². The second kappa shape index (κ2) is 8.39. The van der Waals surface area contributed by atoms with Gasteiger partial charge in [-0.05, 0) is 46.0 Å². The van der Waals surface area contributed by atoms with Crippen LogP contribution in [0.3, 0.4) is 0 Å². The van der Waals surface area contributed by atoms with Gasteiger partial charge in [0.2, 0.25) is 0 Å². The average Bonchev–Trinajstić information content (AvgIpc) is 2.99. The van der Waals surface area contributed by atoms with Crippen molar-refractivity contribution in [2.75, 3.05) is 26.2 Å². The highest BCUT2D eigenvalue weighted by molar-refractivity contribution is 5.79. The zero-order valence-electron chi connectivity index (χ0n) is 12.7. The standard InChI is InChI=1S/C9H21N3.C6H10/c1-5-10-9(11-6-2)12(7-3)8-4;1-2-5-4-6(5)3-1/h5-8H2,1-4H3,(H,10,11);5-6H,1-4H2. The zero-order valence-corrected chi connectivity index (χ0v) is 12.7. The van der Waals surface area contributed by atoms with Crippen LogP contribution in [0.5, 0.6) is 0 Å². The predicted octanol–water partition coefficient (Wildman–Crippen LogP) is 3.12. The van der Waals surface area contributed by atoms with E-state index in [1.807, 2.05) is 0 Å². The Bertz CT molecular complexity index is 238. The number of nitrogens with one attached hydrogen (secondary N) is 1. The number of fused-ring (bicyclic) bond motifs is 1. The fraction of sp³-hybridized carbons (Fsp3) is 0.933. The van der Waals surface area contributed by atoms with Crippen LogP contribution in [-0.2, 0) is 0 Å². The summed E-state index contributed by atoms with van der Waals surface area (Å²) in [6, 6.07) is 0. The molecule has 1 N–H and O–H groups in total. The lowest BCUT2D eigenvalue weighted by Crippen LogP contribution is -2.41. The van der Waals surface area contributed by atoms with Gasteiger partial charge in [-0.15, -0.1) is 0 Å². The molecule has 0 aromatic rings. The van der Waals surface area contributed by atoms with Crippen molar-refractivity contribution in [3.8, 4) is 0 Å². The Hall–Kier alpha value is -0.730. The van der Waals surface area contributed by atoms with Crippen LogP contribution in [0.15, 0.2) is 4.99 Å². The molecule has 2 saturated carbocycles. The van der Waals surface area contributed by atoms with Gasteiger partial charge < -0.3 is 10.2 Å². The smallest absolute Gasteiger partial charge is 0.193 e. The van der Waals surface area contributed by atoms with Crippen molar-refractivity contribution in [1.82, 2.24) is 10.2 Å². The van der Waals surface area contributed by atoms with Crippen LogP contribution in [0.2, 0.25) is 0 Å². The lowest BCUT2D eigenvalue weighted by Gasteiger charge is -2.23. The minimum absolute atomic E-state index is 0.846. The molecule has 0 heterocycles. The first-order valence-electron chi connectivity index (χ1n) is 7.79. The summed E-state index contributed by atoms with van der Waals surface area (Å²) < 4.78 is 0. The van der Waals surface area contributed by atoms with Crippen LogP contribution in [-0.4, -0.2) is 37.0 Å². The Morgan fingerprint density at radius 1 is 1.11 bits per heavy atom. The molecule has 0 amide bonds. The lowest BCUT2D eigenvalue weighted by molar-refractivity contribution is 0.446. The van der Waals surface area contributed by atoms with E-state index in [1.165, 1.54) is 18.3 Å². The van der Waals surface area contributed by atoms with E-state index in [0.717, 1.165) is 32.1 Å². The average molecular weight is 253 g/mol. The molecule has 2 atom stereocenters. The van der Waals surface area contributed by atoms with Crippen LogP contribution >= 0.6 is 0 Å². The van der Waals surface area contributed by atoms with Gasteiger partial charge in [0.25, 0.3) is 0 Å². The van der Waals surface area contributed by atoms with E-state index in [9.17, 15) is 0 Å². The summed E-state index contributed by atoms with van der Waals surface area (Å²) >= 11 is 0. The van der Waals surface area contributed by atoms with Crippen LogP contribution in [0, 0.1) is 11.8 Å². The summed E-state index contributed by atoms with van der Waals surface area (Å²) in [6.07, 6.45) is 6.24. The molecule has 0 aromatic carbocycles. The van der Waals surface area contributed by atoms with Gasteiger partial charge in [0, 0.05) is 26.2 Å². The Morgan fingerprint density at radius 3 is 2.00 bits per heavy atom. The predicted molar refractivity (Wildman–Crippen MR) is 80.0 cm³/mol. The third kappa shape index (κ3) is 4.87. The third-order valence-electron chi connectivity index (χ3n) is 3.92. The quantitative estimate of drug-likeness (QED) is 0.616. The van der Waals surface area contributed by atoms with Gasteiger partial charge in [-0.3, -0.25) is 4.99 Å². The van der Waals surface area contributed by atoms with E-state index in [4.69, 9.17) is 0 Å². The van der Waals surface area contributed by atoms with Crippen molar-refractivity contribution < 1.29 is 0 Å². The molecular formula is C15H31N3. The first-order valence-corrected chi connectivity index (χ1v) is 7.79. The van der Waals surface area contributed by atoms with Crippen LogP contribution in [0.25, 0.3) is 0 Å². The lowest BCUT2D eigenvalue weighted by atomic mass is 10.3. The highest BCUT2D eigenvalue weighted by atomic mass is 15.3. The molecule has 2 aliphatic carbocycles. The minimum atomic E-state index is 0.846. The van der Waals surface area contributed by atoms with E-state index < -0.39 is 0 Å². The van der Waals surface area contributed by atoms with Crippen molar-refractivity contribution in [2.24, 2.45) is 16.8 Å². The van der Waals surface area contributed by atoms with Gasteiger partial charge in [-0.2, -0.15) is 0 Å². The summed E-state index contributed by atoms with van der Waals surface area (Å²) in [4.78, 5) is 6.62. The highest BCUT2D eigenvalue weighted by Gasteiger charge is 2.40. The van der Waals surface area contributed by atoms with Crippen molar-refractivity contribution in [1.29, 1.82) is 0 Å². The summed E-state index contributed by atoms with van der Waals surface area (Å²) in [7, 11) is 0. The van der Waals surface area contributed by atoms with Crippen molar-refractivity contribution in [2.45, 2.75) is 53.4 Å². The summed E-state index contributed by atoms with van der Waals surface area (Å²) in [5.41, 5.74) is 0. The van der Waals surface area contributed by atoms with Crippen molar-refractivity contribution in [3.05, 3.63) is 0 Å². The first-order chi connectivity index (χ1) is 8.76. The molecule has 18 heavy (non-hydrogen) atoms. The molecule has 2 fully saturated rings. The number of nitrogens with zero attached hydrogens (tertiary/aromatic N) is 2. The van der Waals surface area contributed by atoms with Gasteiger partial charge in [0.15, 0.2) is 5.96 Å².